The van der Waals surface area contributed by atoms with Gasteiger partial charge in [0.15, 0.2) is 5.16 Å². The Kier molecular flexibility index (Phi) is 6.13. The zero-order valence-corrected chi connectivity index (χ0v) is 19.0. The average molecular weight is 474 g/mol. The number of benzene rings is 2. The molecule has 0 aliphatic carbocycles. The van der Waals surface area contributed by atoms with Crippen LogP contribution in [0.4, 0.5) is 10.1 Å². The third-order valence-electron chi connectivity index (χ3n) is 4.73. The molecule has 1 amide bonds. The minimum absolute atomic E-state index is 0.0158. The molecule has 0 saturated carbocycles. The van der Waals surface area contributed by atoms with Gasteiger partial charge in [0.25, 0.3) is 5.56 Å². The molecule has 0 radical (unpaired) electrons. The molecule has 4 rings (SSSR count). The van der Waals surface area contributed by atoms with E-state index < -0.39 is 5.82 Å². The van der Waals surface area contributed by atoms with Crippen molar-refractivity contribution >= 4 is 56.5 Å². The van der Waals surface area contributed by atoms with E-state index in [9.17, 15) is 14.0 Å². The Hall–Kier alpha value is -2.68. The molecule has 0 spiro atoms. The van der Waals surface area contributed by atoms with Crippen LogP contribution in [-0.2, 0) is 4.79 Å². The molecular weight excluding hydrogens is 457 g/mol. The topological polar surface area (TPSA) is 64.0 Å². The van der Waals surface area contributed by atoms with E-state index in [0.29, 0.717) is 26.7 Å². The molecule has 9 heteroatoms. The lowest BCUT2D eigenvalue weighted by atomic mass is 10.1. The fourth-order valence-corrected chi connectivity index (χ4v) is 4.74. The summed E-state index contributed by atoms with van der Waals surface area (Å²) in [4.78, 5) is 30.2. The summed E-state index contributed by atoms with van der Waals surface area (Å²) in [5, 5.41) is 4.85. The molecule has 0 aliphatic heterocycles. The van der Waals surface area contributed by atoms with Crippen LogP contribution in [0.1, 0.15) is 11.1 Å². The Labute approximate surface area is 190 Å². The molecule has 5 nitrogen and oxygen atoms in total. The summed E-state index contributed by atoms with van der Waals surface area (Å²) in [6, 6.07) is 11.5. The van der Waals surface area contributed by atoms with Crippen molar-refractivity contribution in [2.24, 2.45) is 0 Å². The molecule has 4 aromatic rings. The van der Waals surface area contributed by atoms with Gasteiger partial charge < -0.3 is 5.32 Å². The highest BCUT2D eigenvalue weighted by molar-refractivity contribution is 7.99. The van der Waals surface area contributed by atoms with Crippen molar-refractivity contribution in [3.05, 3.63) is 80.2 Å². The van der Waals surface area contributed by atoms with Crippen LogP contribution in [0, 0.1) is 19.7 Å². The Bertz CT molecular complexity index is 1370. The lowest BCUT2D eigenvalue weighted by molar-refractivity contribution is -0.113. The quantitative estimate of drug-likeness (QED) is 0.303. The van der Waals surface area contributed by atoms with E-state index >= 15 is 0 Å². The predicted molar refractivity (Wildman–Crippen MR) is 125 cm³/mol. The zero-order valence-electron chi connectivity index (χ0n) is 16.6. The molecule has 0 aliphatic rings. The number of thiophene rings is 1. The number of nitrogens with zero attached hydrogens (tertiary/aromatic N) is 2. The fraction of sp³-hybridized carbons (Fsp3) is 0.136. The Morgan fingerprint density at radius 3 is 2.74 bits per heavy atom. The average Bonchev–Trinajstić information content (AvgIpc) is 3.20. The van der Waals surface area contributed by atoms with Crippen LogP contribution in [0.2, 0.25) is 5.02 Å². The van der Waals surface area contributed by atoms with E-state index in [4.69, 9.17) is 11.6 Å². The van der Waals surface area contributed by atoms with Gasteiger partial charge >= 0.3 is 0 Å². The second-order valence-electron chi connectivity index (χ2n) is 6.90. The molecule has 2 aromatic carbocycles. The normalized spacial score (nSPS) is 11.1. The maximum Gasteiger partial charge on any atom is 0.276 e. The van der Waals surface area contributed by atoms with Crippen molar-refractivity contribution in [2.75, 3.05) is 11.1 Å². The highest BCUT2D eigenvalue weighted by Crippen LogP contribution is 2.25. The molecule has 1 N–H and O–H groups in total. The molecule has 0 fully saturated rings. The highest BCUT2D eigenvalue weighted by atomic mass is 35.5. The first-order chi connectivity index (χ1) is 14.8. The van der Waals surface area contributed by atoms with Gasteiger partial charge in [0.2, 0.25) is 5.91 Å². The molecule has 0 atom stereocenters. The molecule has 0 bridgehead atoms. The predicted octanol–water partition coefficient (Wildman–Crippen LogP) is 5.59. The van der Waals surface area contributed by atoms with E-state index in [-0.39, 0.29) is 22.2 Å². The summed E-state index contributed by atoms with van der Waals surface area (Å²) in [7, 11) is 0. The number of amides is 1. The number of halogens is 2. The molecule has 2 heterocycles. The summed E-state index contributed by atoms with van der Waals surface area (Å²) in [5.74, 6) is -0.860. The number of nitrogens with one attached hydrogen (secondary N) is 1. The number of hydrogen-bond acceptors (Lipinski definition) is 5. The van der Waals surface area contributed by atoms with E-state index in [1.807, 2.05) is 37.4 Å². The lowest BCUT2D eigenvalue weighted by Gasteiger charge is -2.13. The van der Waals surface area contributed by atoms with E-state index in [1.165, 1.54) is 34.1 Å². The van der Waals surface area contributed by atoms with Gasteiger partial charge in [0, 0.05) is 5.69 Å². The van der Waals surface area contributed by atoms with E-state index in [1.54, 1.807) is 6.07 Å². The first kappa shape index (κ1) is 21.5. The summed E-state index contributed by atoms with van der Waals surface area (Å²) in [6.07, 6.45) is 0. The van der Waals surface area contributed by atoms with Crippen LogP contribution in [-0.4, -0.2) is 21.2 Å². The number of carbonyl (C=O) groups excluding carboxylic acids is 1. The first-order valence-electron chi connectivity index (χ1n) is 9.29. The van der Waals surface area contributed by atoms with Gasteiger partial charge in [-0.3, -0.25) is 14.2 Å². The number of carbonyl (C=O) groups is 1. The second kappa shape index (κ2) is 8.82. The molecule has 158 valence electrons. The monoisotopic (exact) mass is 473 g/mol. The van der Waals surface area contributed by atoms with Crippen molar-refractivity contribution in [2.45, 2.75) is 19.0 Å². The number of hydrogen-bond donors (Lipinski definition) is 1. The van der Waals surface area contributed by atoms with Crippen molar-refractivity contribution in [1.82, 2.24) is 9.55 Å². The standard InChI is InChI=1S/C22H17ClFN3O2S2/c1-12-3-5-15(9-13(12)2)27-21(29)20-18(7-8-30-20)26-22(27)31-11-19(28)25-14-4-6-17(24)16(23)10-14/h3-10H,11H2,1-2H3,(H,25,28). The number of fused-ring (bicyclic) bond motifs is 1. The lowest BCUT2D eigenvalue weighted by Crippen LogP contribution is -2.22. The number of thioether (sulfide) groups is 1. The maximum atomic E-state index is 13.3. The molecule has 0 unspecified atom stereocenters. The van der Waals surface area contributed by atoms with Gasteiger partial charge in [-0.1, -0.05) is 29.4 Å². The van der Waals surface area contributed by atoms with Crippen LogP contribution >= 0.6 is 34.7 Å². The van der Waals surface area contributed by atoms with E-state index in [2.05, 4.69) is 10.3 Å². The van der Waals surface area contributed by atoms with Gasteiger partial charge in [0.1, 0.15) is 10.5 Å². The third-order valence-corrected chi connectivity index (χ3v) is 6.85. The van der Waals surface area contributed by atoms with Gasteiger partial charge in [0.05, 0.1) is 22.0 Å². The molecular formula is C22H17ClFN3O2S2. The largest absolute Gasteiger partial charge is 0.325 e. The molecule has 31 heavy (non-hydrogen) atoms. The SMILES string of the molecule is Cc1ccc(-n2c(SCC(=O)Nc3ccc(F)c(Cl)c3)nc3ccsc3c2=O)cc1C. The van der Waals surface area contributed by atoms with Crippen LogP contribution in [0.3, 0.4) is 0 Å². The van der Waals surface area contributed by atoms with Crippen molar-refractivity contribution in [1.29, 1.82) is 0 Å². The number of aromatic nitrogens is 2. The summed E-state index contributed by atoms with van der Waals surface area (Å²) in [6.45, 7) is 3.99. The highest BCUT2D eigenvalue weighted by Gasteiger charge is 2.16. The maximum absolute atomic E-state index is 13.3. The Balaban J connectivity index is 1.64. The van der Waals surface area contributed by atoms with Gasteiger partial charge in [-0.15, -0.1) is 11.3 Å². The van der Waals surface area contributed by atoms with Gasteiger partial charge in [-0.25, -0.2) is 9.37 Å². The van der Waals surface area contributed by atoms with Crippen LogP contribution in [0.5, 0.6) is 0 Å². The van der Waals surface area contributed by atoms with E-state index in [0.717, 1.165) is 22.9 Å². The first-order valence-corrected chi connectivity index (χ1v) is 11.5. The van der Waals surface area contributed by atoms with Crippen molar-refractivity contribution in [3.63, 3.8) is 0 Å². The Morgan fingerprint density at radius 1 is 1.19 bits per heavy atom. The molecule has 0 saturated heterocycles. The minimum atomic E-state index is -0.556. The third kappa shape index (κ3) is 4.51. The van der Waals surface area contributed by atoms with Crippen LogP contribution < -0.4 is 10.9 Å². The number of aryl methyl sites for hydroxylation is 2. The van der Waals surface area contributed by atoms with Crippen LogP contribution in [0.25, 0.3) is 15.9 Å². The summed E-state index contributed by atoms with van der Waals surface area (Å²) < 4.78 is 15.4. The number of anilines is 1. The Morgan fingerprint density at radius 2 is 2.00 bits per heavy atom. The van der Waals surface area contributed by atoms with Gasteiger partial charge in [-0.05, 0) is 66.8 Å². The number of rotatable bonds is 5. The fourth-order valence-electron chi connectivity index (χ4n) is 2.98. The van der Waals surface area contributed by atoms with Gasteiger partial charge in [-0.2, -0.15) is 0 Å². The van der Waals surface area contributed by atoms with Crippen LogP contribution in [0.15, 0.2) is 57.8 Å². The second-order valence-corrected chi connectivity index (χ2v) is 9.17. The summed E-state index contributed by atoms with van der Waals surface area (Å²) in [5.41, 5.74) is 3.69. The molecule has 2 aromatic heterocycles. The van der Waals surface area contributed by atoms with Crippen molar-refractivity contribution < 1.29 is 9.18 Å². The smallest absolute Gasteiger partial charge is 0.276 e. The zero-order chi connectivity index (χ0) is 22.1. The minimum Gasteiger partial charge on any atom is -0.325 e. The summed E-state index contributed by atoms with van der Waals surface area (Å²) >= 11 is 8.26. The van der Waals surface area contributed by atoms with Crippen molar-refractivity contribution in [3.8, 4) is 5.69 Å².